The summed E-state index contributed by atoms with van der Waals surface area (Å²) in [6, 6.07) is 27.5. The minimum atomic E-state index is 0.817. The average molecular weight is 273 g/mol. The van der Waals surface area contributed by atoms with Crippen molar-refractivity contribution in [3.63, 3.8) is 0 Å². The predicted octanol–water partition coefficient (Wildman–Crippen LogP) is 4.45. The van der Waals surface area contributed by atoms with Crippen molar-refractivity contribution in [3.05, 3.63) is 101 Å². The Kier molecular flexibility index (Phi) is 4.02. The standard InChI is InChI=1S/C20H19N/c21-20-12-10-19(11-13-20)15-18-8-6-17(7-9-18)14-16-4-2-1-3-5-16/h1-13H,14-15,21H2. The molecule has 3 aromatic rings. The number of nitrogen functional groups attached to an aromatic ring is 1. The molecular formula is C20H19N. The van der Waals surface area contributed by atoms with Crippen LogP contribution in [0, 0.1) is 0 Å². The topological polar surface area (TPSA) is 26.0 Å². The first kappa shape index (κ1) is 13.4. The van der Waals surface area contributed by atoms with Gasteiger partial charge in [-0.1, -0.05) is 66.7 Å². The van der Waals surface area contributed by atoms with Crippen molar-refractivity contribution in [2.24, 2.45) is 0 Å². The van der Waals surface area contributed by atoms with Crippen LogP contribution >= 0.6 is 0 Å². The van der Waals surface area contributed by atoms with E-state index < -0.39 is 0 Å². The molecule has 1 nitrogen and oxygen atoms in total. The molecule has 0 saturated carbocycles. The maximum atomic E-state index is 5.71. The van der Waals surface area contributed by atoms with Crippen LogP contribution < -0.4 is 5.73 Å². The summed E-state index contributed by atoms with van der Waals surface area (Å²) < 4.78 is 0. The van der Waals surface area contributed by atoms with E-state index in [0.29, 0.717) is 0 Å². The summed E-state index contributed by atoms with van der Waals surface area (Å²) in [6.45, 7) is 0. The van der Waals surface area contributed by atoms with Gasteiger partial charge in [0.2, 0.25) is 0 Å². The fourth-order valence-electron chi connectivity index (χ4n) is 2.48. The van der Waals surface area contributed by atoms with E-state index in [0.717, 1.165) is 18.5 Å². The van der Waals surface area contributed by atoms with Gasteiger partial charge in [-0.3, -0.25) is 0 Å². The van der Waals surface area contributed by atoms with Gasteiger partial charge in [0.05, 0.1) is 0 Å². The van der Waals surface area contributed by atoms with Gasteiger partial charge in [0.25, 0.3) is 0 Å². The highest BCUT2D eigenvalue weighted by Gasteiger charge is 1.99. The van der Waals surface area contributed by atoms with Gasteiger partial charge in [0.1, 0.15) is 0 Å². The molecule has 0 aromatic heterocycles. The van der Waals surface area contributed by atoms with Crippen LogP contribution in [-0.4, -0.2) is 0 Å². The van der Waals surface area contributed by atoms with Crippen LogP contribution in [0.5, 0.6) is 0 Å². The smallest absolute Gasteiger partial charge is 0.0314 e. The maximum Gasteiger partial charge on any atom is 0.0314 e. The summed E-state index contributed by atoms with van der Waals surface area (Å²) in [4.78, 5) is 0. The highest BCUT2D eigenvalue weighted by atomic mass is 14.5. The number of rotatable bonds is 4. The third-order valence-electron chi connectivity index (χ3n) is 3.66. The fourth-order valence-corrected chi connectivity index (χ4v) is 2.48. The lowest BCUT2D eigenvalue weighted by Gasteiger charge is -2.05. The number of nitrogens with two attached hydrogens (primary N) is 1. The first-order valence-electron chi connectivity index (χ1n) is 7.26. The average Bonchev–Trinajstić information content (AvgIpc) is 2.53. The van der Waals surface area contributed by atoms with Gasteiger partial charge in [0.15, 0.2) is 0 Å². The Balaban J connectivity index is 1.68. The van der Waals surface area contributed by atoms with Crippen molar-refractivity contribution in [1.82, 2.24) is 0 Å². The minimum absolute atomic E-state index is 0.817. The Hall–Kier alpha value is -2.54. The van der Waals surface area contributed by atoms with Crippen molar-refractivity contribution < 1.29 is 0 Å². The third-order valence-corrected chi connectivity index (χ3v) is 3.66. The van der Waals surface area contributed by atoms with E-state index in [4.69, 9.17) is 5.73 Å². The molecule has 0 amide bonds. The van der Waals surface area contributed by atoms with Crippen molar-refractivity contribution in [2.75, 3.05) is 5.73 Å². The molecule has 0 unspecified atom stereocenters. The van der Waals surface area contributed by atoms with Gasteiger partial charge in [-0.25, -0.2) is 0 Å². The number of benzene rings is 3. The molecule has 0 radical (unpaired) electrons. The zero-order valence-corrected chi connectivity index (χ0v) is 12.0. The highest BCUT2D eigenvalue weighted by molar-refractivity contribution is 5.41. The molecule has 0 fully saturated rings. The number of hydrogen-bond acceptors (Lipinski definition) is 1. The lowest BCUT2D eigenvalue weighted by Crippen LogP contribution is -1.92. The molecule has 0 heterocycles. The van der Waals surface area contributed by atoms with Gasteiger partial charge in [-0.15, -0.1) is 0 Å². The highest BCUT2D eigenvalue weighted by Crippen LogP contribution is 2.14. The Morgan fingerprint density at radius 3 is 1.33 bits per heavy atom. The van der Waals surface area contributed by atoms with E-state index >= 15 is 0 Å². The van der Waals surface area contributed by atoms with Crippen LogP contribution in [0.4, 0.5) is 5.69 Å². The van der Waals surface area contributed by atoms with Crippen LogP contribution in [0.1, 0.15) is 22.3 Å². The zero-order valence-electron chi connectivity index (χ0n) is 12.0. The summed E-state index contributed by atoms with van der Waals surface area (Å²) in [5, 5.41) is 0. The number of hydrogen-bond donors (Lipinski definition) is 1. The molecule has 104 valence electrons. The molecule has 21 heavy (non-hydrogen) atoms. The van der Waals surface area contributed by atoms with Gasteiger partial charge >= 0.3 is 0 Å². The monoisotopic (exact) mass is 273 g/mol. The SMILES string of the molecule is Nc1ccc(Cc2ccc(Cc3ccccc3)cc2)cc1. The molecular weight excluding hydrogens is 254 g/mol. The number of anilines is 1. The van der Waals surface area contributed by atoms with E-state index in [1.807, 2.05) is 12.1 Å². The van der Waals surface area contributed by atoms with Crippen LogP contribution in [0.15, 0.2) is 78.9 Å². The quantitative estimate of drug-likeness (QED) is 0.698. The molecule has 0 saturated heterocycles. The van der Waals surface area contributed by atoms with Crippen molar-refractivity contribution in [3.8, 4) is 0 Å². The van der Waals surface area contributed by atoms with Crippen molar-refractivity contribution in [1.29, 1.82) is 0 Å². The Morgan fingerprint density at radius 1 is 0.476 bits per heavy atom. The van der Waals surface area contributed by atoms with E-state index in [2.05, 4.69) is 66.7 Å². The molecule has 0 bridgehead atoms. The molecule has 3 aromatic carbocycles. The molecule has 3 rings (SSSR count). The first-order valence-corrected chi connectivity index (χ1v) is 7.26. The lowest BCUT2D eigenvalue weighted by molar-refractivity contribution is 1.15. The molecule has 0 aliphatic rings. The van der Waals surface area contributed by atoms with E-state index in [-0.39, 0.29) is 0 Å². The fraction of sp³-hybridized carbons (Fsp3) is 0.100. The molecule has 0 aliphatic heterocycles. The van der Waals surface area contributed by atoms with Crippen molar-refractivity contribution in [2.45, 2.75) is 12.8 Å². The second-order valence-corrected chi connectivity index (χ2v) is 5.40. The largest absolute Gasteiger partial charge is 0.399 e. The maximum absolute atomic E-state index is 5.71. The molecule has 0 aliphatic carbocycles. The molecule has 0 atom stereocenters. The van der Waals surface area contributed by atoms with Crippen LogP contribution in [0.3, 0.4) is 0 Å². The summed E-state index contributed by atoms with van der Waals surface area (Å²) in [5.41, 5.74) is 11.9. The Bertz CT molecular complexity index is 682. The second-order valence-electron chi connectivity index (χ2n) is 5.40. The second kappa shape index (κ2) is 6.27. The van der Waals surface area contributed by atoms with Crippen LogP contribution in [0.2, 0.25) is 0 Å². The van der Waals surface area contributed by atoms with Gasteiger partial charge in [-0.2, -0.15) is 0 Å². The molecule has 1 heteroatoms. The predicted molar refractivity (Wildman–Crippen MR) is 89.4 cm³/mol. The summed E-state index contributed by atoms with van der Waals surface area (Å²) >= 11 is 0. The first-order chi connectivity index (χ1) is 10.3. The zero-order chi connectivity index (χ0) is 14.5. The van der Waals surface area contributed by atoms with Crippen molar-refractivity contribution >= 4 is 5.69 Å². The summed E-state index contributed by atoms with van der Waals surface area (Å²) in [5.74, 6) is 0. The molecule has 2 N–H and O–H groups in total. The summed E-state index contributed by atoms with van der Waals surface area (Å²) in [7, 11) is 0. The summed E-state index contributed by atoms with van der Waals surface area (Å²) in [6.07, 6.45) is 1.94. The van der Waals surface area contributed by atoms with E-state index in [1.165, 1.54) is 22.3 Å². The van der Waals surface area contributed by atoms with Gasteiger partial charge in [-0.05, 0) is 47.2 Å². The van der Waals surface area contributed by atoms with E-state index in [9.17, 15) is 0 Å². The Morgan fingerprint density at radius 2 is 0.857 bits per heavy atom. The van der Waals surface area contributed by atoms with Crippen LogP contribution in [0.25, 0.3) is 0 Å². The third kappa shape index (κ3) is 3.73. The molecule has 0 spiro atoms. The Labute approximate surface area is 126 Å². The lowest BCUT2D eigenvalue weighted by atomic mass is 10.0. The van der Waals surface area contributed by atoms with E-state index in [1.54, 1.807) is 0 Å². The normalized spacial score (nSPS) is 10.5. The van der Waals surface area contributed by atoms with Crippen LogP contribution in [-0.2, 0) is 12.8 Å². The van der Waals surface area contributed by atoms with Gasteiger partial charge < -0.3 is 5.73 Å². The van der Waals surface area contributed by atoms with Gasteiger partial charge in [0, 0.05) is 5.69 Å². The minimum Gasteiger partial charge on any atom is -0.399 e.